The summed E-state index contributed by atoms with van der Waals surface area (Å²) in [7, 11) is 1.44. The van der Waals surface area contributed by atoms with Gasteiger partial charge in [0.25, 0.3) is 11.8 Å². The third-order valence-electron chi connectivity index (χ3n) is 3.21. The lowest BCUT2D eigenvalue weighted by atomic mass is 10.1. The Balaban J connectivity index is 2.24. The standard InChI is InChI=1S/C15H16N2O5/c1-9(19)10-3-4-11(13(7-10)22-2)16-12-8-14(20)17(5-6-18)15(12)21/h3-4,7-8,16,18H,5-6H2,1-2H3. The Hall–Kier alpha value is -2.67. The Morgan fingerprint density at radius 2 is 2.09 bits per heavy atom. The first kappa shape index (κ1) is 15.7. The van der Waals surface area contributed by atoms with E-state index in [1.54, 1.807) is 18.2 Å². The molecule has 0 aliphatic carbocycles. The molecule has 22 heavy (non-hydrogen) atoms. The van der Waals surface area contributed by atoms with Crippen LogP contribution >= 0.6 is 0 Å². The number of rotatable bonds is 6. The predicted molar refractivity (Wildman–Crippen MR) is 78.5 cm³/mol. The molecule has 1 aliphatic heterocycles. The van der Waals surface area contributed by atoms with Crippen LogP contribution in [0.1, 0.15) is 17.3 Å². The third kappa shape index (κ3) is 2.99. The number of nitrogens with one attached hydrogen (secondary N) is 1. The van der Waals surface area contributed by atoms with Crippen LogP contribution in [0.2, 0.25) is 0 Å². The fourth-order valence-corrected chi connectivity index (χ4v) is 2.07. The number of imide groups is 1. The number of Topliss-reactive ketones (excluding diaryl/α,β-unsaturated/α-hetero) is 1. The average molecular weight is 304 g/mol. The molecule has 0 unspecified atom stereocenters. The number of anilines is 1. The van der Waals surface area contributed by atoms with Crippen LogP contribution < -0.4 is 10.1 Å². The maximum absolute atomic E-state index is 12.1. The minimum Gasteiger partial charge on any atom is -0.495 e. The summed E-state index contributed by atoms with van der Waals surface area (Å²) < 4.78 is 5.19. The Labute approximate surface area is 127 Å². The van der Waals surface area contributed by atoms with E-state index in [2.05, 4.69) is 5.32 Å². The smallest absolute Gasteiger partial charge is 0.277 e. The van der Waals surface area contributed by atoms with E-state index in [4.69, 9.17) is 9.84 Å². The first-order valence-electron chi connectivity index (χ1n) is 6.62. The minimum absolute atomic E-state index is 0.0558. The molecule has 1 aliphatic rings. The summed E-state index contributed by atoms with van der Waals surface area (Å²) in [4.78, 5) is 36.0. The van der Waals surface area contributed by atoms with Crippen LogP contribution in [0, 0.1) is 0 Å². The number of hydrogen-bond acceptors (Lipinski definition) is 6. The van der Waals surface area contributed by atoms with Crippen LogP contribution in [-0.2, 0) is 9.59 Å². The summed E-state index contributed by atoms with van der Waals surface area (Å²) in [5.41, 5.74) is 1.03. The molecule has 2 N–H and O–H groups in total. The number of aliphatic hydroxyl groups excluding tert-OH is 1. The van der Waals surface area contributed by atoms with E-state index in [1.165, 1.54) is 14.0 Å². The molecular weight excluding hydrogens is 288 g/mol. The molecular formula is C15H16N2O5. The van der Waals surface area contributed by atoms with Gasteiger partial charge >= 0.3 is 0 Å². The summed E-state index contributed by atoms with van der Waals surface area (Å²) in [6.07, 6.45) is 1.16. The number of ketones is 1. The van der Waals surface area contributed by atoms with Gasteiger partial charge in [0.2, 0.25) is 0 Å². The number of methoxy groups -OCH3 is 1. The minimum atomic E-state index is -0.517. The number of hydrogen-bond donors (Lipinski definition) is 2. The fraction of sp³-hybridized carbons (Fsp3) is 0.267. The quantitative estimate of drug-likeness (QED) is 0.589. The highest BCUT2D eigenvalue weighted by Gasteiger charge is 2.31. The first-order valence-corrected chi connectivity index (χ1v) is 6.62. The van der Waals surface area contributed by atoms with Crippen molar-refractivity contribution in [3.63, 3.8) is 0 Å². The van der Waals surface area contributed by atoms with Gasteiger partial charge in [-0.3, -0.25) is 19.3 Å². The van der Waals surface area contributed by atoms with Gasteiger partial charge in [0, 0.05) is 11.6 Å². The van der Waals surface area contributed by atoms with Gasteiger partial charge in [-0.15, -0.1) is 0 Å². The number of carbonyl (C=O) groups excluding carboxylic acids is 3. The molecule has 2 amide bonds. The van der Waals surface area contributed by atoms with Crippen LogP contribution in [0.5, 0.6) is 5.75 Å². The van der Waals surface area contributed by atoms with Gasteiger partial charge < -0.3 is 15.2 Å². The van der Waals surface area contributed by atoms with E-state index < -0.39 is 11.8 Å². The van der Waals surface area contributed by atoms with Gasteiger partial charge in [0.15, 0.2) is 5.78 Å². The van der Waals surface area contributed by atoms with Gasteiger partial charge in [-0.05, 0) is 25.1 Å². The van der Waals surface area contributed by atoms with Crippen molar-refractivity contribution >= 4 is 23.3 Å². The van der Waals surface area contributed by atoms with Crippen LogP contribution in [0.15, 0.2) is 30.0 Å². The van der Waals surface area contributed by atoms with E-state index in [1.807, 2.05) is 0 Å². The largest absolute Gasteiger partial charge is 0.495 e. The number of nitrogens with zero attached hydrogens (tertiary/aromatic N) is 1. The first-order chi connectivity index (χ1) is 10.5. The highest BCUT2D eigenvalue weighted by atomic mass is 16.5. The van der Waals surface area contributed by atoms with E-state index in [9.17, 15) is 14.4 Å². The van der Waals surface area contributed by atoms with Gasteiger partial charge in [0.1, 0.15) is 11.4 Å². The van der Waals surface area contributed by atoms with E-state index in [0.29, 0.717) is 17.0 Å². The van der Waals surface area contributed by atoms with Crippen LogP contribution in [0.25, 0.3) is 0 Å². The summed E-state index contributed by atoms with van der Waals surface area (Å²) in [5, 5.41) is 11.7. The highest BCUT2D eigenvalue weighted by molar-refractivity contribution is 6.17. The molecule has 0 saturated heterocycles. The van der Waals surface area contributed by atoms with Gasteiger partial charge in [0.05, 0.1) is 25.9 Å². The van der Waals surface area contributed by atoms with Crippen molar-refractivity contribution in [2.45, 2.75) is 6.92 Å². The van der Waals surface area contributed by atoms with Crippen molar-refractivity contribution in [3.8, 4) is 5.75 Å². The summed E-state index contributed by atoms with van der Waals surface area (Å²) >= 11 is 0. The van der Waals surface area contributed by atoms with Gasteiger partial charge in [-0.2, -0.15) is 0 Å². The summed E-state index contributed by atoms with van der Waals surface area (Å²) in [6.45, 7) is 1.09. The van der Waals surface area contributed by atoms with Gasteiger partial charge in [-0.25, -0.2) is 0 Å². The number of aliphatic hydroxyl groups is 1. The molecule has 1 heterocycles. The molecule has 0 fully saturated rings. The van der Waals surface area contributed by atoms with Crippen molar-refractivity contribution in [1.29, 1.82) is 0 Å². The zero-order chi connectivity index (χ0) is 16.3. The Bertz CT molecular complexity index is 666. The van der Waals surface area contributed by atoms with E-state index in [0.717, 1.165) is 11.0 Å². The second-order valence-electron chi connectivity index (χ2n) is 4.67. The second kappa shape index (κ2) is 6.40. The predicted octanol–water partition coefficient (Wildman–Crippen LogP) is 0.555. The maximum atomic E-state index is 12.1. The van der Waals surface area contributed by atoms with Crippen molar-refractivity contribution in [3.05, 3.63) is 35.5 Å². The highest BCUT2D eigenvalue weighted by Crippen LogP contribution is 2.28. The second-order valence-corrected chi connectivity index (χ2v) is 4.67. The molecule has 0 bridgehead atoms. The molecule has 0 aromatic heterocycles. The Morgan fingerprint density at radius 1 is 1.36 bits per heavy atom. The maximum Gasteiger partial charge on any atom is 0.277 e. The number of β-amino-alcohol motifs (C(OH)–C–C–N with tert-alkyl or cyclic N) is 1. The molecule has 0 radical (unpaired) electrons. The zero-order valence-electron chi connectivity index (χ0n) is 12.3. The average Bonchev–Trinajstić information content (AvgIpc) is 2.75. The fourth-order valence-electron chi connectivity index (χ4n) is 2.07. The van der Waals surface area contributed by atoms with Crippen molar-refractivity contribution in [2.75, 3.05) is 25.6 Å². The molecule has 116 valence electrons. The molecule has 0 saturated carbocycles. The molecule has 2 rings (SSSR count). The Kier molecular flexibility index (Phi) is 4.57. The number of ether oxygens (including phenoxy) is 1. The van der Waals surface area contributed by atoms with Gasteiger partial charge in [-0.1, -0.05) is 0 Å². The summed E-state index contributed by atoms with van der Waals surface area (Å²) in [5.74, 6) is -0.725. The molecule has 7 heteroatoms. The molecule has 0 atom stereocenters. The summed E-state index contributed by atoms with van der Waals surface area (Å²) in [6, 6.07) is 4.75. The lowest BCUT2D eigenvalue weighted by molar-refractivity contribution is -0.137. The number of carbonyl (C=O) groups is 3. The topological polar surface area (TPSA) is 95.9 Å². The third-order valence-corrected chi connectivity index (χ3v) is 3.21. The van der Waals surface area contributed by atoms with Crippen LogP contribution in [-0.4, -0.2) is 47.9 Å². The molecule has 7 nitrogen and oxygen atoms in total. The molecule has 1 aromatic carbocycles. The lowest BCUT2D eigenvalue weighted by Gasteiger charge is -2.15. The van der Waals surface area contributed by atoms with Crippen molar-refractivity contribution < 1.29 is 24.2 Å². The lowest BCUT2D eigenvalue weighted by Crippen LogP contribution is -2.34. The van der Waals surface area contributed by atoms with Crippen molar-refractivity contribution in [1.82, 2.24) is 4.90 Å². The Morgan fingerprint density at radius 3 is 2.68 bits per heavy atom. The van der Waals surface area contributed by atoms with Crippen LogP contribution in [0.4, 0.5) is 5.69 Å². The normalized spacial score (nSPS) is 14.1. The van der Waals surface area contributed by atoms with Crippen LogP contribution in [0.3, 0.4) is 0 Å². The zero-order valence-corrected chi connectivity index (χ0v) is 12.3. The SMILES string of the molecule is COc1cc(C(C)=O)ccc1NC1=CC(=O)N(CCO)C1=O. The number of amides is 2. The molecule has 0 spiro atoms. The number of benzene rings is 1. The van der Waals surface area contributed by atoms with Crippen molar-refractivity contribution in [2.24, 2.45) is 0 Å². The monoisotopic (exact) mass is 304 g/mol. The van der Waals surface area contributed by atoms with E-state index in [-0.39, 0.29) is 24.6 Å². The van der Waals surface area contributed by atoms with E-state index >= 15 is 0 Å². The molecule has 1 aromatic rings.